The Morgan fingerprint density at radius 3 is 1.41 bits per heavy atom. The summed E-state index contributed by atoms with van der Waals surface area (Å²) in [5.74, 6) is -16.5. The van der Waals surface area contributed by atoms with Gasteiger partial charge in [0.1, 0.15) is 5.75 Å². The van der Waals surface area contributed by atoms with E-state index in [9.17, 15) is 61.1 Å². The van der Waals surface area contributed by atoms with Crippen molar-refractivity contribution in [1.82, 2.24) is 0 Å². The van der Waals surface area contributed by atoms with Gasteiger partial charge in [-0.2, -0.15) is 61.1 Å². The summed E-state index contributed by atoms with van der Waals surface area (Å²) in [7, 11) is -7.21. The number of halogens is 12. The van der Waals surface area contributed by atoms with Gasteiger partial charge in [0.25, 0.3) is 0 Å². The number of benzene rings is 1. The van der Waals surface area contributed by atoms with Crippen LogP contribution in [0.3, 0.4) is 0 Å². The van der Waals surface area contributed by atoms with E-state index in [1.54, 1.807) is 0 Å². The van der Waals surface area contributed by atoms with Crippen LogP contribution in [0, 0.1) is 0 Å². The predicted molar refractivity (Wildman–Crippen MR) is 61.9 cm³/mol. The van der Waals surface area contributed by atoms with Gasteiger partial charge in [-0.15, -0.1) is 0 Å². The Morgan fingerprint density at radius 1 is 0.667 bits per heavy atom. The van der Waals surface area contributed by atoms with Gasteiger partial charge in [-0.3, -0.25) is 0 Å². The van der Waals surface area contributed by atoms with Crippen LogP contribution in [-0.4, -0.2) is 31.7 Å². The molecule has 0 aromatic heterocycles. The van der Waals surface area contributed by atoms with Crippen LogP contribution in [0.1, 0.15) is 5.56 Å². The van der Waals surface area contributed by atoms with E-state index in [0.29, 0.717) is 0 Å². The number of rotatable bonds is 5. The fourth-order valence-electron chi connectivity index (χ4n) is 1.40. The van der Waals surface area contributed by atoms with Crippen molar-refractivity contribution in [3.05, 3.63) is 29.8 Å². The molecule has 0 atom stereocenters. The van der Waals surface area contributed by atoms with Crippen molar-refractivity contribution in [3.8, 4) is 5.75 Å². The molecule has 0 bridgehead atoms. The number of hydrogen-bond donors (Lipinski definition) is 0. The summed E-state index contributed by atoms with van der Waals surface area (Å²) in [4.78, 5) is 0. The van der Waals surface area contributed by atoms with Crippen molar-refractivity contribution in [2.24, 2.45) is 0 Å². The van der Waals surface area contributed by atoms with E-state index in [1.165, 1.54) is 0 Å². The largest absolute Gasteiger partial charge is 0.460 e. The van der Waals surface area contributed by atoms with Crippen LogP contribution in [0.4, 0.5) is 52.7 Å². The topological polar surface area (TPSA) is 43.4 Å². The Bertz CT molecular complexity index is 776. The number of hydrogen-bond acceptors (Lipinski definition) is 3. The fraction of sp³-hybridized carbons (Fsp3) is 0.455. The number of alkyl halides is 12. The van der Waals surface area contributed by atoms with Crippen LogP contribution in [0.5, 0.6) is 5.75 Å². The standard InChI is InChI=1S/C11H4F12O3S/c12-7(13,14)5-1-3-6(4-2-5)26-27(24,25)11(22,23)9(17,18)8(15,16)10(19,20)21/h1-4H. The van der Waals surface area contributed by atoms with Gasteiger partial charge < -0.3 is 4.18 Å². The quantitative estimate of drug-likeness (QED) is 0.483. The first-order chi connectivity index (χ1) is 11.7. The average molecular weight is 444 g/mol. The maximum atomic E-state index is 13.3. The molecule has 0 spiro atoms. The van der Waals surface area contributed by atoms with Gasteiger partial charge in [-0.05, 0) is 24.3 Å². The molecule has 0 aliphatic carbocycles. The zero-order valence-electron chi connectivity index (χ0n) is 12.0. The maximum absolute atomic E-state index is 13.3. The summed E-state index contributed by atoms with van der Waals surface area (Å²) in [6.07, 6.45) is -12.2. The molecular weight excluding hydrogens is 440 g/mol. The minimum absolute atomic E-state index is 0.0382. The van der Waals surface area contributed by atoms with E-state index < -0.39 is 50.9 Å². The Balaban J connectivity index is 3.29. The summed E-state index contributed by atoms with van der Waals surface area (Å²) in [6, 6.07) is 0.171. The third kappa shape index (κ3) is 3.89. The van der Waals surface area contributed by atoms with Crippen LogP contribution in [-0.2, 0) is 16.3 Å². The minimum atomic E-state index is -7.51. The van der Waals surface area contributed by atoms with Gasteiger partial charge in [0, 0.05) is 0 Å². The van der Waals surface area contributed by atoms with E-state index in [1.807, 2.05) is 0 Å². The van der Waals surface area contributed by atoms with Crippen molar-refractivity contribution in [3.63, 3.8) is 0 Å². The van der Waals surface area contributed by atoms with E-state index in [0.717, 1.165) is 0 Å². The molecule has 156 valence electrons. The van der Waals surface area contributed by atoms with E-state index in [2.05, 4.69) is 4.18 Å². The lowest BCUT2D eigenvalue weighted by molar-refractivity contribution is -0.382. The molecule has 0 amide bonds. The van der Waals surface area contributed by atoms with Gasteiger partial charge in [0.2, 0.25) is 0 Å². The van der Waals surface area contributed by atoms with Crippen molar-refractivity contribution in [1.29, 1.82) is 0 Å². The Morgan fingerprint density at radius 2 is 1.07 bits per heavy atom. The highest BCUT2D eigenvalue weighted by atomic mass is 32.2. The monoisotopic (exact) mass is 444 g/mol. The van der Waals surface area contributed by atoms with Gasteiger partial charge in [0.05, 0.1) is 5.56 Å². The molecule has 0 saturated carbocycles. The van der Waals surface area contributed by atoms with Gasteiger partial charge in [-0.1, -0.05) is 0 Å². The predicted octanol–water partition coefficient (Wildman–Crippen LogP) is 4.84. The molecule has 0 aliphatic rings. The van der Waals surface area contributed by atoms with Crippen LogP contribution < -0.4 is 4.18 Å². The van der Waals surface area contributed by atoms with Crippen LogP contribution in [0.25, 0.3) is 0 Å². The molecule has 1 rings (SSSR count). The molecule has 0 radical (unpaired) electrons. The van der Waals surface area contributed by atoms with Crippen molar-refractivity contribution < 1.29 is 65.3 Å². The Kier molecular flexibility index (Phi) is 5.44. The Hall–Kier alpha value is -1.87. The van der Waals surface area contributed by atoms with Gasteiger partial charge >= 0.3 is 39.6 Å². The molecule has 0 unspecified atom stereocenters. The minimum Gasteiger partial charge on any atom is -0.378 e. The molecule has 3 nitrogen and oxygen atoms in total. The second-order valence-electron chi connectivity index (χ2n) is 4.72. The molecule has 0 aliphatic heterocycles. The van der Waals surface area contributed by atoms with Crippen LogP contribution >= 0.6 is 0 Å². The summed E-state index contributed by atoms with van der Waals surface area (Å²) in [5.41, 5.74) is -1.46. The maximum Gasteiger partial charge on any atom is 0.460 e. The molecule has 1 aromatic rings. The van der Waals surface area contributed by atoms with Gasteiger partial charge in [-0.25, -0.2) is 0 Å². The third-order valence-electron chi connectivity index (χ3n) is 2.82. The van der Waals surface area contributed by atoms with Crippen molar-refractivity contribution in [2.75, 3.05) is 0 Å². The van der Waals surface area contributed by atoms with Gasteiger partial charge in [0.15, 0.2) is 0 Å². The summed E-state index contributed by atoms with van der Waals surface area (Å²) in [5, 5.41) is -7.11. The lowest BCUT2D eigenvalue weighted by Gasteiger charge is -2.32. The Labute approximate surface area is 141 Å². The molecule has 1 aromatic carbocycles. The molecular formula is C11H4F12O3S. The zero-order chi connectivity index (χ0) is 21.7. The zero-order valence-corrected chi connectivity index (χ0v) is 12.8. The highest BCUT2D eigenvalue weighted by molar-refractivity contribution is 7.88. The summed E-state index contributed by atoms with van der Waals surface area (Å²) < 4.78 is 176. The third-order valence-corrected chi connectivity index (χ3v) is 4.11. The second kappa shape index (κ2) is 6.34. The highest BCUT2D eigenvalue weighted by Crippen LogP contribution is 2.55. The lowest BCUT2D eigenvalue weighted by Crippen LogP contribution is -2.63. The smallest absolute Gasteiger partial charge is 0.378 e. The molecule has 0 saturated heterocycles. The SMILES string of the molecule is O=S(=O)(Oc1ccc(C(F)(F)F)cc1)C(F)(F)C(F)(F)C(F)(F)C(F)(F)F. The fourth-order valence-corrected chi connectivity index (χ4v) is 2.31. The molecule has 27 heavy (non-hydrogen) atoms. The van der Waals surface area contributed by atoms with Crippen LogP contribution in [0.15, 0.2) is 24.3 Å². The molecule has 0 N–H and O–H groups in total. The van der Waals surface area contributed by atoms with E-state index in [4.69, 9.17) is 0 Å². The first-order valence-electron chi connectivity index (χ1n) is 6.00. The van der Waals surface area contributed by atoms with Crippen molar-refractivity contribution >= 4 is 10.1 Å². The molecule has 16 heteroatoms. The lowest BCUT2D eigenvalue weighted by atomic mass is 10.1. The second-order valence-corrected chi connectivity index (χ2v) is 6.31. The summed E-state index contributed by atoms with van der Waals surface area (Å²) in [6.45, 7) is 0. The van der Waals surface area contributed by atoms with E-state index >= 15 is 0 Å². The molecule has 0 fully saturated rings. The average Bonchev–Trinajstić information content (AvgIpc) is 2.44. The first-order valence-corrected chi connectivity index (χ1v) is 7.41. The van der Waals surface area contributed by atoms with Crippen LogP contribution in [0.2, 0.25) is 0 Å². The van der Waals surface area contributed by atoms with Crippen molar-refractivity contribution in [2.45, 2.75) is 29.5 Å². The first kappa shape index (κ1) is 23.2. The molecule has 0 heterocycles. The normalized spacial score (nSPS) is 15.0. The summed E-state index contributed by atoms with van der Waals surface area (Å²) >= 11 is 0. The highest BCUT2D eigenvalue weighted by Gasteiger charge is 2.86. The van der Waals surface area contributed by atoms with E-state index in [-0.39, 0.29) is 24.3 Å².